The van der Waals surface area contributed by atoms with Crippen LogP contribution in [0.2, 0.25) is 0 Å². The van der Waals surface area contributed by atoms with Gasteiger partial charge in [0.25, 0.3) is 0 Å². The highest BCUT2D eigenvalue weighted by Crippen LogP contribution is 2.34. The fourth-order valence-electron chi connectivity index (χ4n) is 2.03. The van der Waals surface area contributed by atoms with Crippen LogP contribution in [0.4, 0.5) is 4.39 Å². The molecule has 0 unspecified atom stereocenters. The predicted octanol–water partition coefficient (Wildman–Crippen LogP) is 3.99. The van der Waals surface area contributed by atoms with Crippen molar-refractivity contribution in [1.82, 2.24) is 0 Å². The van der Waals surface area contributed by atoms with Crippen LogP contribution in [0, 0.1) is 11.7 Å². The average molecular weight is 300 g/mol. The van der Waals surface area contributed by atoms with Gasteiger partial charge >= 0.3 is 0 Å². The quantitative estimate of drug-likeness (QED) is 0.931. The lowest BCUT2D eigenvalue weighted by Crippen LogP contribution is -2.02. The van der Waals surface area contributed by atoms with Gasteiger partial charge in [-0.25, -0.2) is 4.39 Å². The van der Waals surface area contributed by atoms with E-state index in [0.29, 0.717) is 29.2 Å². The highest BCUT2D eigenvalue weighted by Gasteiger charge is 2.19. The van der Waals surface area contributed by atoms with Gasteiger partial charge in [-0.15, -0.1) is 0 Å². The van der Waals surface area contributed by atoms with Gasteiger partial charge in [0.2, 0.25) is 0 Å². The van der Waals surface area contributed by atoms with E-state index in [1.54, 1.807) is 6.07 Å². The highest BCUT2D eigenvalue weighted by atomic mass is 79.9. The maximum Gasteiger partial charge on any atom is 0.151 e. The minimum atomic E-state index is -0.248. The smallest absolute Gasteiger partial charge is 0.151 e. The lowest BCUT2D eigenvalue weighted by molar-refractivity contribution is 0.534. The summed E-state index contributed by atoms with van der Waals surface area (Å²) in [5.74, 6) is 0.862. The summed E-state index contributed by atoms with van der Waals surface area (Å²) in [4.78, 5) is 0. The van der Waals surface area contributed by atoms with Gasteiger partial charge in [0, 0.05) is 5.56 Å². The van der Waals surface area contributed by atoms with Gasteiger partial charge < -0.3 is 10.2 Å². The van der Waals surface area contributed by atoms with Gasteiger partial charge in [-0.2, -0.15) is 0 Å². The van der Waals surface area contributed by atoms with E-state index in [1.807, 2.05) is 0 Å². The Balaban J connectivity index is 2.73. The third kappa shape index (κ3) is 2.24. The van der Waals surface area contributed by atoms with Crippen LogP contribution < -0.4 is 5.73 Å². The number of hydrogen-bond donors (Lipinski definition) is 1. The first-order valence-corrected chi connectivity index (χ1v) is 6.42. The van der Waals surface area contributed by atoms with E-state index in [1.165, 1.54) is 6.07 Å². The second-order valence-corrected chi connectivity index (χ2v) is 5.39. The molecular formula is C13H15BrFNO. The zero-order valence-electron chi connectivity index (χ0n) is 9.89. The normalized spacial score (nSPS) is 11.6. The Morgan fingerprint density at radius 1 is 1.41 bits per heavy atom. The van der Waals surface area contributed by atoms with Crippen molar-refractivity contribution < 1.29 is 8.81 Å². The summed E-state index contributed by atoms with van der Waals surface area (Å²) in [6, 6.07) is 3.10. The summed E-state index contributed by atoms with van der Waals surface area (Å²) >= 11 is 3.37. The van der Waals surface area contributed by atoms with Gasteiger partial charge in [0.05, 0.1) is 16.4 Å². The van der Waals surface area contributed by atoms with E-state index in [-0.39, 0.29) is 5.82 Å². The largest absolute Gasteiger partial charge is 0.458 e. The van der Waals surface area contributed by atoms with Gasteiger partial charge in [-0.1, -0.05) is 13.8 Å². The van der Waals surface area contributed by atoms with Gasteiger partial charge in [-0.3, -0.25) is 0 Å². The standard InChI is InChI=1S/C13H15BrFNO/c1-7(2)5-8-11(6-16)17-13-9(14)3-4-10(15)12(8)13/h3-4,7H,5-6,16H2,1-2H3. The molecule has 1 aromatic carbocycles. The molecule has 2 nitrogen and oxygen atoms in total. The van der Waals surface area contributed by atoms with Crippen molar-refractivity contribution in [3.05, 3.63) is 33.7 Å². The SMILES string of the molecule is CC(C)Cc1c(CN)oc2c(Br)ccc(F)c12. The monoisotopic (exact) mass is 299 g/mol. The Hall–Kier alpha value is -0.870. The molecule has 2 rings (SSSR count). The topological polar surface area (TPSA) is 39.2 Å². The molecule has 0 atom stereocenters. The third-order valence-corrected chi connectivity index (χ3v) is 3.34. The van der Waals surface area contributed by atoms with Crippen LogP contribution >= 0.6 is 15.9 Å². The Kier molecular flexibility index (Phi) is 3.54. The summed E-state index contributed by atoms with van der Waals surface area (Å²) < 4.78 is 20.3. The Morgan fingerprint density at radius 2 is 2.12 bits per heavy atom. The molecule has 0 radical (unpaired) electrons. The molecule has 4 heteroatoms. The summed E-state index contributed by atoms with van der Waals surface area (Å²) in [6.45, 7) is 4.48. The van der Waals surface area contributed by atoms with E-state index in [0.717, 1.165) is 16.5 Å². The van der Waals surface area contributed by atoms with Crippen LogP contribution in [-0.2, 0) is 13.0 Å². The fraction of sp³-hybridized carbons (Fsp3) is 0.385. The molecule has 0 aliphatic heterocycles. The van der Waals surface area contributed by atoms with Crippen LogP contribution in [0.15, 0.2) is 21.0 Å². The van der Waals surface area contributed by atoms with Crippen molar-refractivity contribution in [1.29, 1.82) is 0 Å². The van der Waals surface area contributed by atoms with Crippen LogP contribution in [0.3, 0.4) is 0 Å². The molecule has 92 valence electrons. The van der Waals surface area contributed by atoms with E-state index < -0.39 is 0 Å². The Bertz CT molecular complexity index is 548. The molecule has 0 spiro atoms. The molecule has 0 bridgehead atoms. The van der Waals surface area contributed by atoms with E-state index in [9.17, 15) is 4.39 Å². The van der Waals surface area contributed by atoms with Crippen molar-refractivity contribution >= 4 is 26.9 Å². The van der Waals surface area contributed by atoms with E-state index >= 15 is 0 Å². The van der Waals surface area contributed by atoms with Crippen molar-refractivity contribution in [2.45, 2.75) is 26.8 Å². The lowest BCUT2D eigenvalue weighted by atomic mass is 9.99. The molecule has 2 aromatic rings. The zero-order chi connectivity index (χ0) is 12.6. The van der Waals surface area contributed by atoms with Crippen molar-refractivity contribution in [2.75, 3.05) is 0 Å². The summed E-state index contributed by atoms with van der Waals surface area (Å²) in [7, 11) is 0. The van der Waals surface area contributed by atoms with Crippen molar-refractivity contribution in [2.24, 2.45) is 11.7 Å². The van der Waals surface area contributed by atoms with Crippen LogP contribution in [0.25, 0.3) is 11.0 Å². The summed E-state index contributed by atoms with van der Waals surface area (Å²) in [5, 5.41) is 0.563. The molecule has 0 aliphatic rings. The lowest BCUT2D eigenvalue weighted by Gasteiger charge is -2.05. The number of hydrogen-bond acceptors (Lipinski definition) is 2. The molecule has 0 fully saturated rings. The molecular weight excluding hydrogens is 285 g/mol. The number of benzene rings is 1. The maximum atomic E-state index is 13.9. The second-order valence-electron chi connectivity index (χ2n) is 4.54. The molecule has 1 aromatic heterocycles. The molecule has 1 heterocycles. The predicted molar refractivity (Wildman–Crippen MR) is 70.3 cm³/mol. The maximum absolute atomic E-state index is 13.9. The number of rotatable bonds is 3. The first-order valence-electron chi connectivity index (χ1n) is 5.63. The van der Waals surface area contributed by atoms with E-state index in [2.05, 4.69) is 29.8 Å². The molecule has 0 saturated carbocycles. The minimum Gasteiger partial charge on any atom is -0.458 e. The van der Waals surface area contributed by atoms with Crippen LogP contribution in [0.1, 0.15) is 25.2 Å². The molecule has 17 heavy (non-hydrogen) atoms. The molecule has 0 saturated heterocycles. The zero-order valence-corrected chi connectivity index (χ0v) is 11.5. The van der Waals surface area contributed by atoms with Crippen LogP contribution in [0.5, 0.6) is 0 Å². The van der Waals surface area contributed by atoms with Crippen molar-refractivity contribution in [3.63, 3.8) is 0 Å². The minimum absolute atomic E-state index is 0.248. The number of furan rings is 1. The highest BCUT2D eigenvalue weighted by molar-refractivity contribution is 9.10. The number of halogens is 2. The van der Waals surface area contributed by atoms with Crippen LogP contribution in [-0.4, -0.2) is 0 Å². The summed E-state index contributed by atoms with van der Waals surface area (Å²) in [5.41, 5.74) is 7.11. The molecule has 0 amide bonds. The van der Waals surface area contributed by atoms with Gasteiger partial charge in [0.1, 0.15) is 11.6 Å². The fourth-order valence-corrected chi connectivity index (χ4v) is 2.44. The second kappa shape index (κ2) is 4.78. The Morgan fingerprint density at radius 3 is 2.71 bits per heavy atom. The Labute approximate surface area is 108 Å². The van der Waals surface area contributed by atoms with Gasteiger partial charge in [0.15, 0.2) is 5.58 Å². The van der Waals surface area contributed by atoms with Gasteiger partial charge in [-0.05, 0) is 40.4 Å². The summed E-state index contributed by atoms with van der Waals surface area (Å²) in [6.07, 6.45) is 0.771. The first kappa shape index (κ1) is 12.6. The van der Waals surface area contributed by atoms with E-state index in [4.69, 9.17) is 10.2 Å². The molecule has 2 N–H and O–H groups in total. The third-order valence-electron chi connectivity index (χ3n) is 2.72. The number of nitrogens with two attached hydrogens (primary N) is 1. The van der Waals surface area contributed by atoms with Crippen molar-refractivity contribution in [3.8, 4) is 0 Å². The number of fused-ring (bicyclic) bond motifs is 1. The molecule has 0 aliphatic carbocycles. The average Bonchev–Trinajstić information content (AvgIpc) is 2.63. The first-order chi connectivity index (χ1) is 8.04.